The Balaban J connectivity index is 0.000000219. The van der Waals surface area contributed by atoms with Gasteiger partial charge in [0.1, 0.15) is 5.82 Å². The molecule has 0 radical (unpaired) electrons. The molecule has 0 bridgehead atoms. The van der Waals surface area contributed by atoms with Gasteiger partial charge in [0.05, 0.1) is 28.4 Å². The molecule has 0 aliphatic carbocycles. The van der Waals surface area contributed by atoms with Crippen LogP contribution in [-0.2, 0) is 30.3 Å². The van der Waals surface area contributed by atoms with Gasteiger partial charge in [-0.2, -0.15) is 0 Å². The molecule has 0 spiro atoms. The van der Waals surface area contributed by atoms with E-state index in [-0.39, 0.29) is 10.8 Å². The van der Waals surface area contributed by atoms with Crippen LogP contribution < -0.4 is 0 Å². The average Bonchev–Trinajstić information content (AvgIpc) is 3.57. The van der Waals surface area contributed by atoms with Crippen LogP contribution in [0, 0.1) is 5.41 Å². The van der Waals surface area contributed by atoms with E-state index in [0.717, 1.165) is 22.6 Å². The topological polar surface area (TPSA) is 48.5 Å². The summed E-state index contributed by atoms with van der Waals surface area (Å²) >= 11 is 0. The van der Waals surface area contributed by atoms with Gasteiger partial charge in [0.15, 0.2) is 0 Å². The van der Waals surface area contributed by atoms with E-state index < -0.39 is 0 Å². The predicted octanol–water partition coefficient (Wildman–Crippen LogP) is 11.9. The summed E-state index contributed by atoms with van der Waals surface area (Å²) in [5.74, 6) is 1.14. The van der Waals surface area contributed by atoms with Crippen LogP contribution in [-0.4, -0.2) is 24.1 Å². The Morgan fingerprint density at radius 2 is 0.959 bits per heavy atom. The molecule has 0 unspecified atom stereocenters. The molecule has 0 amide bonds. The molecule has 3 heterocycles. The van der Waals surface area contributed by atoms with Crippen molar-refractivity contribution in [3.05, 3.63) is 127 Å². The van der Waals surface area contributed by atoms with Gasteiger partial charge in [0.25, 0.3) is 0 Å². The van der Waals surface area contributed by atoms with Crippen LogP contribution in [0.1, 0.15) is 107 Å². The molecule has 0 N–H and O–H groups in total. The van der Waals surface area contributed by atoms with Crippen molar-refractivity contribution >= 4 is 22.1 Å². The van der Waals surface area contributed by atoms with Crippen molar-refractivity contribution in [3.8, 4) is 0 Å². The van der Waals surface area contributed by atoms with Gasteiger partial charge in [-0.3, -0.25) is 4.98 Å². The molecule has 5 nitrogen and oxygen atoms in total. The lowest BCUT2D eigenvalue weighted by atomic mass is 9.87. The highest BCUT2D eigenvalue weighted by Crippen LogP contribution is 2.25. The lowest BCUT2D eigenvalue weighted by Gasteiger charge is -2.18. The second-order valence-corrected chi connectivity index (χ2v) is 17.2. The van der Waals surface area contributed by atoms with Crippen molar-refractivity contribution in [1.82, 2.24) is 24.1 Å². The van der Waals surface area contributed by atoms with Crippen molar-refractivity contribution in [2.45, 2.75) is 106 Å². The molecule has 6 aromatic rings. The lowest BCUT2D eigenvalue weighted by Crippen LogP contribution is -2.17. The summed E-state index contributed by atoms with van der Waals surface area (Å²) in [5.41, 5.74) is 8.16. The molecular formula is C44H63N5. The number of aryl methyl sites for hydroxylation is 2. The van der Waals surface area contributed by atoms with Crippen molar-refractivity contribution in [3.63, 3.8) is 0 Å². The van der Waals surface area contributed by atoms with Gasteiger partial charge in [-0.05, 0) is 52.8 Å². The van der Waals surface area contributed by atoms with Crippen molar-refractivity contribution in [1.29, 1.82) is 0 Å². The van der Waals surface area contributed by atoms with Crippen LogP contribution in [0.5, 0.6) is 0 Å². The molecular weight excluding hydrogens is 599 g/mol. The van der Waals surface area contributed by atoms with Crippen LogP contribution in [0.25, 0.3) is 22.1 Å². The van der Waals surface area contributed by atoms with Crippen LogP contribution in [0.3, 0.4) is 0 Å². The van der Waals surface area contributed by atoms with E-state index in [4.69, 9.17) is 0 Å². The number of hydrogen-bond donors (Lipinski definition) is 0. The van der Waals surface area contributed by atoms with Gasteiger partial charge in [-0.1, -0.05) is 151 Å². The standard InChI is InChI=1S/C12H16N2.C10H14.C9H13N.C8H8N2.C5H12/c1-12(2,3)11-13-9-7-5-6-8-10(9)14(11)4;1-10(2,3)9-7-5-4-6-8-9;1-9(2,3)8-6-4-5-7-10-8;1-10-6-9-7-4-2-3-5-8(7)10;1-5(2,3)4/h5-8H,1-4H3;4-8H,1-3H3;4-7H,1-3H3;2-6H,1H3;1-4H3. The summed E-state index contributed by atoms with van der Waals surface area (Å²) in [5, 5.41) is 0. The Kier molecular flexibility index (Phi) is 14.5. The zero-order valence-corrected chi connectivity index (χ0v) is 33.1. The quantitative estimate of drug-likeness (QED) is 0.163. The fourth-order valence-corrected chi connectivity index (χ4v) is 4.64. The van der Waals surface area contributed by atoms with E-state index in [9.17, 15) is 0 Å². The third-order valence-electron chi connectivity index (χ3n) is 7.16. The van der Waals surface area contributed by atoms with Crippen molar-refractivity contribution < 1.29 is 0 Å². The summed E-state index contributed by atoms with van der Waals surface area (Å²) in [6.45, 7) is 28.5. The lowest BCUT2D eigenvalue weighted by molar-refractivity contribution is 0.469. The first-order valence-electron chi connectivity index (χ1n) is 17.3. The highest BCUT2D eigenvalue weighted by Gasteiger charge is 2.20. The Morgan fingerprint density at radius 3 is 1.37 bits per heavy atom. The summed E-state index contributed by atoms with van der Waals surface area (Å²) in [4.78, 5) is 13.1. The number of para-hydroxylation sites is 4. The highest BCUT2D eigenvalue weighted by molar-refractivity contribution is 5.76. The first kappa shape index (κ1) is 40.9. The highest BCUT2D eigenvalue weighted by atomic mass is 15.1. The SMILES string of the molecule is CC(C)(C)C.CC(C)(C)c1ccccc1.CC(C)(C)c1ccccn1.Cn1c(C(C)(C)C)nc2ccccc21.Cn1cnc2ccccc21. The zero-order chi connectivity index (χ0) is 37.0. The maximum absolute atomic E-state index is 4.65. The van der Waals surface area contributed by atoms with Gasteiger partial charge in [0.2, 0.25) is 0 Å². The minimum Gasteiger partial charge on any atom is -0.334 e. The Hall–Kier alpha value is -4.25. The van der Waals surface area contributed by atoms with E-state index in [1.807, 2.05) is 60.5 Å². The molecule has 0 saturated carbocycles. The Morgan fingerprint density at radius 1 is 0.469 bits per heavy atom. The molecule has 0 aliphatic heterocycles. The van der Waals surface area contributed by atoms with Crippen molar-refractivity contribution in [2.24, 2.45) is 19.5 Å². The number of hydrogen-bond acceptors (Lipinski definition) is 3. The first-order valence-corrected chi connectivity index (χ1v) is 17.3. The molecule has 49 heavy (non-hydrogen) atoms. The third kappa shape index (κ3) is 14.4. The van der Waals surface area contributed by atoms with E-state index in [2.05, 4.69) is 177 Å². The maximum atomic E-state index is 4.65. The molecule has 0 saturated heterocycles. The van der Waals surface area contributed by atoms with E-state index in [1.165, 1.54) is 16.6 Å². The van der Waals surface area contributed by atoms with E-state index in [0.29, 0.717) is 10.8 Å². The summed E-state index contributed by atoms with van der Waals surface area (Å²) in [6, 6.07) is 32.9. The molecule has 0 aliphatic rings. The van der Waals surface area contributed by atoms with Crippen LogP contribution in [0.2, 0.25) is 0 Å². The fraction of sp³-hybridized carbons (Fsp3) is 0.432. The molecule has 0 fully saturated rings. The minimum absolute atomic E-state index is 0.105. The maximum Gasteiger partial charge on any atom is 0.115 e. The Bertz CT molecular complexity index is 1750. The Labute approximate surface area is 297 Å². The fourth-order valence-electron chi connectivity index (χ4n) is 4.64. The number of fused-ring (bicyclic) bond motifs is 2. The number of benzene rings is 3. The van der Waals surface area contributed by atoms with E-state index >= 15 is 0 Å². The monoisotopic (exact) mass is 662 g/mol. The first-order chi connectivity index (χ1) is 22.6. The summed E-state index contributed by atoms with van der Waals surface area (Å²) in [6.07, 6.45) is 3.66. The normalized spacial score (nSPS) is 11.6. The number of pyridine rings is 1. The molecule has 5 heteroatoms. The summed E-state index contributed by atoms with van der Waals surface area (Å²) in [7, 11) is 4.07. The minimum atomic E-state index is 0.105. The molecule has 3 aromatic carbocycles. The van der Waals surface area contributed by atoms with Gasteiger partial charge in [-0.25, -0.2) is 9.97 Å². The zero-order valence-electron chi connectivity index (χ0n) is 33.1. The average molecular weight is 662 g/mol. The number of imidazole rings is 2. The van der Waals surface area contributed by atoms with Gasteiger partial charge < -0.3 is 9.13 Å². The van der Waals surface area contributed by atoms with Gasteiger partial charge >= 0.3 is 0 Å². The third-order valence-corrected chi connectivity index (χ3v) is 7.16. The van der Waals surface area contributed by atoms with Crippen LogP contribution in [0.4, 0.5) is 0 Å². The van der Waals surface area contributed by atoms with Crippen molar-refractivity contribution in [2.75, 3.05) is 0 Å². The largest absolute Gasteiger partial charge is 0.334 e. The van der Waals surface area contributed by atoms with Gasteiger partial charge in [-0.15, -0.1) is 0 Å². The second kappa shape index (κ2) is 17.4. The number of nitrogens with zero attached hydrogens (tertiary/aromatic N) is 5. The smallest absolute Gasteiger partial charge is 0.115 e. The summed E-state index contributed by atoms with van der Waals surface area (Å²) < 4.78 is 4.19. The molecule has 0 atom stereocenters. The van der Waals surface area contributed by atoms with E-state index in [1.54, 1.807) is 0 Å². The molecule has 6 rings (SSSR count). The number of aromatic nitrogens is 5. The number of rotatable bonds is 0. The van der Waals surface area contributed by atoms with Crippen LogP contribution in [0.15, 0.2) is 110 Å². The second-order valence-electron chi connectivity index (χ2n) is 17.2. The molecule has 3 aromatic heterocycles. The predicted molar refractivity (Wildman–Crippen MR) is 213 cm³/mol. The van der Waals surface area contributed by atoms with Gasteiger partial charge in [0, 0.05) is 36.8 Å². The molecule has 264 valence electrons. The van der Waals surface area contributed by atoms with Crippen LogP contribution >= 0.6 is 0 Å².